The smallest absolute Gasteiger partial charge is 0.392 e. The van der Waals surface area contributed by atoms with Crippen molar-refractivity contribution < 1.29 is 36.8 Å². The third-order valence-corrected chi connectivity index (χ3v) is 10.9. The highest BCUT2D eigenvalue weighted by Gasteiger charge is 2.31. The summed E-state index contributed by atoms with van der Waals surface area (Å²) in [4.78, 5) is 0. The van der Waals surface area contributed by atoms with Crippen LogP contribution in [0.4, 0.5) is 0 Å². The lowest BCUT2D eigenvalue weighted by Gasteiger charge is -2.26. The maximum Gasteiger partial charge on any atom is 0.475 e. The summed E-state index contributed by atoms with van der Waals surface area (Å²) in [5, 5.41) is 10.0. The van der Waals surface area contributed by atoms with E-state index in [9.17, 15) is 9.67 Å². The number of aliphatic hydroxyl groups excluding tert-OH is 1. The van der Waals surface area contributed by atoms with Crippen molar-refractivity contribution in [1.29, 1.82) is 0 Å². The molecule has 48 heavy (non-hydrogen) atoms. The highest BCUT2D eigenvalue weighted by atomic mass is 31.2. The Morgan fingerprint density at radius 2 is 0.896 bits per heavy atom. The van der Waals surface area contributed by atoms with Gasteiger partial charge in [0, 0.05) is 5.66 Å². The number of benzene rings is 4. The molecule has 0 saturated carbocycles. The molecule has 4 rings (SSSR count). The molecule has 1 N–H and O–H groups in total. The van der Waals surface area contributed by atoms with E-state index in [1.165, 1.54) is 0 Å². The molecule has 0 aliphatic carbocycles. The van der Waals surface area contributed by atoms with Gasteiger partial charge in [0.1, 0.15) is 0 Å². The standard InChI is InChI=1S/C33H39O8P3.2C2H6/c1-42(28-34)33(26-38-43(36-22-29-14-6-2-7-15-29)37-23-30-16-8-3-9-17-30)27-41-44(35,39-24-31-18-10-4-11-19-31)40-25-32-20-12-5-13-21-32;2*1-2/h2-21,33-34H,22-28H2,1H3;2*1-2H3. The minimum atomic E-state index is -3.99. The number of phosphoric acid groups is 1. The Hall–Kier alpha value is -2.31. The molecule has 2 unspecified atom stereocenters. The summed E-state index contributed by atoms with van der Waals surface area (Å²) >= 11 is 0. The highest BCUT2D eigenvalue weighted by molar-refractivity contribution is 7.57. The van der Waals surface area contributed by atoms with Crippen LogP contribution >= 0.6 is 24.3 Å². The summed E-state index contributed by atoms with van der Waals surface area (Å²) in [6.45, 7) is 10.8. The van der Waals surface area contributed by atoms with Gasteiger partial charge in [0.15, 0.2) is 0 Å². The predicted molar refractivity (Wildman–Crippen MR) is 198 cm³/mol. The van der Waals surface area contributed by atoms with Crippen LogP contribution in [0.3, 0.4) is 0 Å². The Morgan fingerprint density at radius 3 is 1.25 bits per heavy atom. The summed E-state index contributed by atoms with van der Waals surface area (Å²) in [6, 6.07) is 38.4. The van der Waals surface area contributed by atoms with E-state index in [1.54, 1.807) is 0 Å². The molecule has 0 aliphatic rings. The van der Waals surface area contributed by atoms with Crippen LogP contribution in [0, 0.1) is 0 Å². The van der Waals surface area contributed by atoms with Crippen LogP contribution in [0.15, 0.2) is 121 Å². The summed E-state index contributed by atoms with van der Waals surface area (Å²) < 4.78 is 49.6. The average Bonchev–Trinajstić information content (AvgIpc) is 3.17. The lowest BCUT2D eigenvalue weighted by atomic mass is 10.2. The van der Waals surface area contributed by atoms with Gasteiger partial charge in [0.05, 0.1) is 46.0 Å². The van der Waals surface area contributed by atoms with Gasteiger partial charge in [-0.2, -0.15) is 0 Å². The van der Waals surface area contributed by atoms with E-state index in [0.717, 1.165) is 22.3 Å². The number of rotatable bonds is 20. The van der Waals surface area contributed by atoms with Gasteiger partial charge in [-0.15, -0.1) is 0 Å². The second-order valence-corrected chi connectivity index (χ2v) is 15.3. The van der Waals surface area contributed by atoms with Crippen LogP contribution in [0.1, 0.15) is 49.9 Å². The molecule has 0 aromatic heterocycles. The van der Waals surface area contributed by atoms with Gasteiger partial charge in [-0.1, -0.05) is 157 Å². The molecule has 0 amide bonds. The zero-order valence-electron chi connectivity index (χ0n) is 28.7. The third-order valence-electron chi connectivity index (χ3n) is 6.47. The second-order valence-electron chi connectivity index (χ2n) is 9.85. The third kappa shape index (κ3) is 16.9. The number of aliphatic hydroxyl groups is 1. The van der Waals surface area contributed by atoms with E-state index >= 15 is 0 Å². The van der Waals surface area contributed by atoms with E-state index in [0.29, 0.717) is 13.2 Å². The van der Waals surface area contributed by atoms with Crippen molar-refractivity contribution in [2.24, 2.45) is 0 Å². The van der Waals surface area contributed by atoms with Crippen molar-refractivity contribution in [3.63, 3.8) is 0 Å². The van der Waals surface area contributed by atoms with Gasteiger partial charge >= 0.3 is 16.4 Å². The lowest BCUT2D eigenvalue weighted by Crippen LogP contribution is -2.21. The Morgan fingerprint density at radius 1 is 0.542 bits per heavy atom. The molecular weight excluding hydrogens is 665 g/mol. The Labute approximate surface area is 290 Å². The van der Waals surface area contributed by atoms with Gasteiger partial charge in [-0.05, 0) is 28.9 Å². The first kappa shape index (κ1) is 41.9. The summed E-state index contributed by atoms with van der Waals surface area (Å²) in [5.41, 5.74) is 3.36. The van der Waals surface area contributed by atoms with Crippen molar-refractivity contribution in [3.05, 3.63) is 144 Å². The van der Waals surface area contributed by atoms with Gasteiger partial charge < -0.3 is 18.7 Å². The van der Waals surface area contributed by atoms with E-state index in [4.69, 9.17) is 27.1 Å². The fourth-order valence-electron chi connectivity index (χ4n) is 3.82. The van der Waals surface area contributed by atoms with Gasteiger partial charge in [0.25, 0.3) is 0 Å². The van der Waals surface area contributed by atoms with E-state index in [1.807, 2.05) is 156 Å². The van der Waals surface area contributed by atoms with Crippen LogP contribution in [0.5, 0.6) is 0 Å². The molecule has 0 heterocycles. The number of hydrogen-bond donors (Lipinski definition) is 1. The molecule has 0 radical (unpaired) electrons. The minimum Gasteiger partial charge on any atom is -0.392 e. The van der Waals surface area contributed by atoms with Gasteiger partial charge in [-0.3, -0.25) is 13.6 Å². The largest absolute Gasteiger partial charge is 0.475 e. The zero-order chi connectivity index (χ0) is 34.9. The maximum absolute atomic E-state index is 13.8. The molecule has 4 aromatic rings. The SMILES string of the molecule is CC.CC.CP(CO)C(COP(OCc1ccccc1)OCc1ccccc1)COP(=O)(OCc1ccccc1)OCc1ccccc1. The first-order valence-corrected chi connectivity index (χ1v) is 20.8. The molecule has 2 atom stereocenters. The van der Waals surface area contributed by atoms with Crippen molar-refractivity contribution in [2.45, 2.75) is 59.8 Å². The van der Waals surface area contributed by atoms with Crippen LogP contribution in [-0.4, -0.2) is 37.0 Å². The Bertz CT molecular complexity index is 1280. The molecule has 4 aromatic carbocycles. The van der Waals surface area contributed by atoms with Crippen molar-refractivity contribution >= 4 is 24.3 Å². The van der Waals surface area contributed by atoms with E-state index in [-0.39, 0.29) is 38.4 Å². The second kappa shape index (κ2) is 25.6. The van der Waals surface area contributed by atoms with Crippen LogP contribution in [-0.2, 0) is 58.1 Å². The molecule has 8 nitrogen and oxygen atoms in total. The normalized spacial score (nSPS) is 12.3. The molecular formula is C37H51O8P3. The van der Waals surface area contributed by atoms with Gasteiger partial charge in [-0.25, -0.2) is 4.57 Å². The molecule has 262 valence electrons. The average molecular weight is 717 g/mol. The first-order valence-electron chi connectivity index (χ1n) is 16.2. The molecule has 0 fully saturated rings. The summed E-state index contributed by atoms with van der Waals surface area (Å²) in [7, 11) is -6.70. The Balaban J connectivity index is 0.00000193. The van der Waals surface area contributed by atoms with Crippen LogP contribution in [0.2, 0.25) is 0 Å². The van der Waals surface area contributed by atoms with Crippen LogP contribution < -0.4 is 0 Å². The molecule has 0 aliphatic heterocycles. The molecule has 0 spiro atoms. The molecule has 11 heteroatoms. The van der Waals surface area contributed by atoms with Crippen molar-refractivity contribution in [3.8, 4) is 0 Å². The van der Waals surface area contributed by atoms with Crippen LogP contribution in [0.25, 0.3) is 0 Å². The fourth-order valence-corrected chi connectivity index (χ4v) is 7.18. The maximum atomic E-state index is 13.8. The minimum absolute atomic E-state index is 0.00976. The fraction of sp³-hybridized carbons (Fsp3) is 0.351. The van der Waals surface area contributed by atoms with Crippen molar-refractivity contribution in [1.82, 2.24) is 0 Å². The predicted octanol–water partition coefficient (Wildman–Crippen LogP) is 10.7. The summed E-state index contributed by atoms with van der Waals surface area (Å²) in [6.07, 6.45) is -0.0551. The topological polar surface area (TPSA) is 92.7 Å². The highest BCUT2D eigenvalue weighted by Crippen LogP contribution is 2.53. The number of hydrogen-bond acceptors (Lipinski definition) is 8. The zero-order valence-corrected chi connectivity index (χ0v) is 31.4. The molecule has 0 bridgehead atoms. The first-order chi connectivity index (χ1) is 23.5. The van der Waals surface area contributed by atoms with E-state index in [2.05, 4.69) is 0 Å². The van der Waals surface area contributed by atoms with E-state index < -0.39 is 24.3 Å². The lowest BCUT2D eigenvalue weighted by molar-refractivity contribution is 0.0959. The van der Waals surface area contributed by atoms with Gasteiger partial charge in [0.2, 0.25) is 0 Å². The summed E-state index contributed by atoms with van der Waals surface area (Å²) in [5.74, 6) is 0. The monoisotopic (exact) mass is 716 g/mol. The quantitative estimate of drug-likeness (QED) is 0.0904. The number of phosphoric ester groups is 1. The Kier molecular flexibility index (Phi) is 22.4. The van der Waals surface area contributed by atoms with Crippen molar-refractivity contribution in [2.75, 3.05) is 26.2 Å². The molecule has 0 saturated heterocycles.